The lowest BCUT2D eigenvalue weighted by Crippen LogP contribution is -2.52. The van der Waals surface area contributed by atoms with Crippen molar-refractivity contribution in [2.24, 2.45) is 0 Å². The van der Waals surface area contributed by atoms with Gasteiger partial charge in [0.1, 0.15) is 0 Å². The summed E-state index contributed by atoms with van der Waals surface area (Å²) in [5, 5.41) is 0. The van der Waals surface area contributed by atoms with Crippen LogP contribution in [0.4, 0.5) is 0 Å². The Morgan fingerprint density at radius 2 is 1.72 bits per heavy atom. The highest BCUT2D eigenvalue weighted by atomic mass is 32.2. The number of aromatic nitrogens is 1. The third kappa shape index (κ3) is 3.39. The van der Waals surface area contributed by atoms with Gasteiger partial charge in [-0.15, -0.1) is 0 Å². The molecule has 2 fully saturated rings. The maximum Gasteiger partial charge on any atom is 0.308 e. The van der Waals surface area contributed by atoms with E-state index in [0.29, 0.717) is 24.3 Å². The van der Waals surface area contributed by atoms with Crippen LogP contribution in [0.1, 0.15) is 25.3 Å². The summed E-state index contributed by atoms with van der Waals surface area (Å²) in [4.78, 5) is 27.3. The van der Waals surface area contributed by atoms with Crippen LogP contribution in [0, 0.1) is 0 Å². The van der Waals surface area contributed by atoms with Crippen LogP contribution < -0.4 is 4.87 Å². The first-order chi connectivity index (χ1) is 15.4. The average Bonchev–Trinajstić information content (AvgIpc) is 3.56. The normalized spacial score (nSPS) is 18.7. The number of amides is 1. The first kappa shape index (κ1) is 21.4. The summed E-state index contributed by atoms with van der Waals surface area (Å²) >= 11 is 1.06. The minimum atomic E-state index is -3.69. The predicted octanol–water partition coefficient (Wildman–Crippen LogP) is 2.65. The average molecular weight is 472 g/mol. The minimum absolute atomic E-state index is 0.0865. The van der Waals surface area contributed by atoms with E-state index in [1.165, 1.54) is 4.31 Å². The number of sulfonamides is 1. The third-order valence-electron chi connectivity index (χ3n) is 6.61. The lowest BCUT2D eigenvalue weighted by Gasteiger charge is -2.36. The quantitative estimate of drug-likeness (QED) is 0.573. The second-order valence-electron chi connectivity index (χ2n) is 8.39. The van der Waals surface area contributed by atoms with Crippen molar-refractivity contribution in [1.82, 2.24) is 13.8 Å². The molecule has 0 spiro atoms. The molecule has 32 heavy (non-hydrogen) atoms. The topological polar surface area (TPSA) is 79.7 Å². The first-order valence-electron chi connectivity index (χ1n) is 10.9. The molecule has 0 N–H and O–H groups in total. The third-order valence-corrected chi connectivity index (χ3v) is 9.44. The first-order valence-corrected chi connectivity index (χ1v) is 13.1. The van der Waals surface area contributed by atoms with Gasteiger partial charge in [-0.2, -0.15) is 4.31 Å². The molecule has 1 saturated heterocycles. The SMILES string of the molecule is CCn1c(=O)sc2cc(S(=O)(=O)N3CCN(C(=O)C4(c5ccccc5)CC4)CC3)ccc21. The highest BCUT2D eigenvalue weighted by Gasteiger charge is 2.53. The molecule has 0 radical (unpaired) electrons. The molecule has 2 aliphatic rings. The highest BCUT2D eigenvalue weighted by Crippen LogP contribution is 2.49. The van der Waals surface area contributed by atoms with E-state index in [2.05, 4.69) is 0 Å². The van der Waals surface area contributed by atoms with Crippen molar-refractivity contribution in [2.75, 3.05) is 26.2 Å². The van der Waals surface area contributed by atoms with E-state index in [1.807, 2.05) is 42.2 Å². The minimum Gasteiger partial charge on any atom is -0.339 e. The molecule has 5 rings (SSSR count). The molecule has 2 aromatic carbocycles. The molecule has 0 bridgehead atoms. The zero-order valence-corrected chi connectivity index (χ0v) is 19.5. The Morgan fingerprint density at radius 1 is 1.03 bits per heavy atom. The summed E-state index contributed by atoms with van der Waals surface area (Å²) in [7, 11) is -3.69. The Morgan fingerprint density at radius 3 is 2.34 bits per heavy atom. The molecule has 168 valence electrons. The standard InChI is InChI=1S/C23H25N3O4S2/c1-2-26-19-9-8-18(16-20(19)31-22(26)28)32(29,30)25-14-12-24(13-15-25)21(27)23(10-11-23)17-6-4-3-5-7-17/h3-9,16H,2,10-15H2,1H3. The van der Waals surface area contributed by atoms with Gasteiger partial charge in [-0.3, -0.25) is 14.2 Å². The van der Waals surface area contributed by atoms with Crippen molar-refractivity contribution in [3.8, 4) is 0 Å². The zero-order valence-electron chi connectivity index (χ0n) is 17.9. The van der Waals surface area contributed by atoms with Gasteiger partial charge in [0.05, 0.1) is 20.5 Å². The number of piperazine rings is 1. The van der Waals surface area contributed by atoms with Crippen LogP contribution in [0.5, 0.6) is 0 Å². The van der Waals surface area contributed by atoms with Gasteiger partial charge < -0.3 is 4.90 Å². The number of carbonyl (C=O) groups excluding carboxylic acids is 1. The second-order valence-corrected chi connectivity index (χ2v) is 11.3. The van der Waals surface area contributed by atoms with Crippen molar-refractivity contribution in [3.63, 3.8) is 0 Å². The van der Waals surface area contributed by atoms with Crippen molar-refractivity contribution in [1.29, 1.82) is 0 Å². The van der Waals surface area contributed by atoms with Gasteiger partial charge in [-0.05, 0) is 43.5 Å². The molecular formula is C23H25N3O4S2. The van der Waals surface area contributed by atoms with Crippen LogP contribution in [0.2, 0.25) is 0 Å². The van der Waals surface area contributed by atoms with Gasteiger partial charge in [-0.1, -0.05) is 41.7 Å². The largest absolute Gasteiger partial charge is 0.339 e. The summed E-state index contributed by atoms with van der Waals surface area (Å²) in [6, 6.07) is 14.7. The summed E-state index contributed by atoms with van der Waals surface area (Å²) < 4.78 is 30.2. The zero-order chi connectivity index (χ0) is 22.5. The molecular weight excluding hydrogens is 446 g/mol. The Kier molecular flexibility index (Phi) is 5.22. The number of fused-ring (bicyclic) bond motifs is 1. The molecule has 0 unspecified atom stereocenters. The van der Waals surface area contributed by atoms with Crippen LogP contribution in [0.25, 0.3) is 10.2 Å². The van der Waals surface area contributed by atoms with E-state index in [1.54, 1.807) is 22.8 Å². The van der Waals surface area contributed by atoms with Gasteiger partial charge in [0.25, 0.3) is 0 Å². The summed E-state index contributed by atoms with van der Waals surface area (Å²) in [5.74, 6) is 0.104. The van der Waals surface area contributed by atoms with E-state index in [9.17, 15) is 18.0 Å². The van der Waals surface area contributed by atoms with Crippen molar-refractivity contribution in [2.45, 2.75) is 36.6 Å². The van der Waals surface area contributed by atoms with E-state index in [-0.39, 0.29) is 28.8 Å². The molecule has 3 aromatic rings. The summed E-state index contributed by atoms with van der Waals surface area (Å²) in [5.41, 5.74) is 1.37. The number of nitrogens with zero attached hydrogens (tertiary/aromatic N) is 3. The van der Waals surface area contributed by atoms with Gasteiger partial charge in [0.15, 0.2) is 0 Å². The number of thiazole rings is 1. The molecule has 7 nitrogen and oxygen atoms in total. The smallest absolute Gasteiger partial charge is 0.308 e. The molecule has 1 aliphatic carbocycles. The van der Waals surface area contributed by atoms with Gasteiger partial charge in [0.2, 0.25) is 15.9 Å². The van der Waals surface area contributed by atoms with Crippen molar-refractivity contribution >= 4 is 37.5 Å². The Bertz CT molecular complexity index is 1330. The van der Waals surface area contributed by atoms with E-state index in [4.69, 9.17) is 0 Å². The number of benzene rings is 2. The fourth-order valence-electron chi connectivity index (χ4n) is 4.60. The van der Waals surface area contributed by atoms with Crippen LogP contribution >= 0.6 is 11.3 Å². The fourth-order valence-corrected chi connectivity index (χ4v) is 7.12. The molecule has 0 atom stereocenters. The Hall–Kier alpha value is -2.49. The second kappa shape index (κ2) is 7.83. The van der Waals surface area contributed by atoms with Crippen LogP contribution in [-0.4, -0.2) is 54.3 Å². The Labute approximate surface area is 190 Å². The van der Waals surface area contributed by atoms with Gasteiger partial charge in [-0.25, -0.2) is 8.42 Å². The number of aryl methyl sites for hydroxylation is 1. The van der Waals surface area contributed by atoms with Gasteiger partial charge in [0, 0.05) is 32.7 Å². The van der Waals surface area contributed by atoms with Crippen molar-refractivity contribution in [3.05, 3.63) is 63.8 Å². The summed E-state index contributed by atoms with van der Waals surface area (Å²) in [6.07, 6.45) is 1.68. The lowest BCUT2D eigenvalue weighted by atomic mass is 9.94. The monoisotopic (exact) mass is 471 g/mol. The maximum atomic E-state index is 13.2. The fraction of sp³-hybridized carbons (Fsp3) is 0.391. The van der Waals surface area contributed by atoms with Gasteiger partial charge >= 0.3 is 4.87 Å². The Balaban J connectivity index is 1.32. The highest BCUT2D eigenvalue weighted by molar-refractivity contribution is 7.89. The molecule has 1 aromatic heterocycles. The summed E-state index contributed by atoms with van der Waals surface area (Å²) in [6.45, 7) is 3.74. The molecule has 1 amide bonds. The molecule has 9 heteroatoms. The van der Waals surface area contributed by atoms with Crippen LogP contribution in [0.3, 0.4) is 0 Å². The van der Waals surface area contributed by atoms with Crippen LogP contribution in [0.15, 0.2) is 58.2 Å². The molecule has 2 heterocycles. The lowest BCUT2D eigenvalue weighted by molar-refractivity contribution is -0.135. The predicted molar refractivity (Wildman–Crippen MR) is 124 cm³/mol. The number of hydrogen-bond acceptors (Lipinski definition) is 5. The number of hydrogen-bond donors (Lipinski definition) is 0. The van der Waals surface area contributed by atoms with Crippen LogP contribution in [-0.2, 0) is 26.8 Å². The number of rotatable bonds is 5. The molecule has 1 aliphatic heterocycles. The van der Waals surface area contributed by atoms with Crippen molar-refractivity contribution < 1.29 is 13.2 Å². The van der Waals surface area contributed by atoms with E-state index in [0.717, 1.165) is 35.3 Å². The van der Waals surface area contributed by atoms with E-state index < -0.39 is 15.4 Å². The molecule has 1 saturated carbocycles. The maximum absolute atomic E-state index is 13.2. The van der Waals surface area contributed by atoms with E-state index >= 15 is 0 Å². The number of carbonyl (C=O) groups is 1.